The first kappa shape index (κ1) is 23.2. The highest BCUT2D eigenvalue weighted by atomic mass is 35.5. The first-order chi connectivity index (χ1) is 14.7. The Bertz CT molecular complexity index is 975. The number of aromatic nitrogens is 2. The van der Waals surface area contributed by atoms with Crippen LogP contribution in [0.25, 0.3) is 11.4 Å². The van der Waals surface area contributed by atoms with E-state index in [-0.39, 0.29) is 22.5 Å². The van der Waals surface area contributed by atoms with Crippen LogP contribution in [0.1, 0.15) is 42.9 Å². The fraction of sp³-hybridized carbons (Fsp3) is 0.500. The summed E-state index contributed by atoms with van der Waals surface area (Å²) in [6, 6.07) is 3.78. The van der Waals surface area contributed by atoms with Gasteiger partial charge in [-0.15, -0.1) is 0 Å². The summed E-state index contributed by atoms with van der Waals surface area (Å²) in [5, 5.41) is 5.47. The molecule has 2 heterocycles. The average molecular weight is 450 g/mol. The lowest BCUT2D eigenvalue weighted by Gasteiger charge is -2.19. The molecule has 31 heavy (non-hydrogen) atoms. The number of imidazole rings is 1. The zero-order valence-corrected chi connectivity index (χ0v) is 19.1. The zero-order valence-electron chi connectivity index (χ0n) is 18.3. The molecule has 0 bridgehead atoms. The fourth-order valence-corrected chi connectivity index (χ4v) is 4.04. The van der Waals surface area contributed by atoms with Crippen LogP contribution in [0.4, 0.5) is 4.39 Å². The Morgan fingerprint density at radius 2 is 2.03 bits per heavy atom. The Labute approximate surface area is 187 Å². The third-order valence-electron chi connectivity index (χ3n) is 5.38. The zero-order chi connectivity index (χ0) is 22.7. The summed E-state index contributed by atoms with van der Waals surface area (Å²) in [7, 11) is 3.54. The monoisotopic (exact) mass is 449 g/mol. The summed E-state index contributed by atoms with van der Waals surface area (Å²) in [4.78, 5) is 32.3. The van der Waals surface area contributed by atoms with Crippen molar-refractivity contribution >= 4 is 23.4 Å². The van der Waals surface area contributed by atoms with Gasteiger partial charge in [0.05, 0.1) is 10.7 Å². The highest BCUT2D eigenvalue weighted by Crippen LogP contribution is 2.29. The van der Waals surface area contributed by atoms with Gasteiger partial charge in [-0.2, -0.15) is 0 Å². The number of likely N-dealkylation sites (N-methyl/N-ethyl adjacent to an activating group) is 1. The Balaban J connectivity index is 2.03. The third-order valence-corrected chi connectivity index (χ3v) is 5.67. The number of fused-ring (bicyclic) bond motifs is 1. The van der Waals surface area contributed by atoms with Crippen LogP contribution in [0, 0.1) is 11.7 Å². The number of carbonyl (C=O) groups excluding carboxylic acids is 2. The van der Waals surface area contributed by atoms with Gasteiger partial charge in [-0.3, -0.25) is 9.59 Å². The molecular weight excluding hydrogens is 421 g/mol. The van der Waals surface area contributed by atoms with Crippen molar-refractivity contribution in [2.45, 2.75) is 45.8 Å². The molecule has 0 aliphatic carbocycles. The topological polar surface area (TPSA) is 79.3 Å². The molecule has 1 aromatic carbocycles. The predicted octanol–water partition coefficient (Wildman–Crippen LogP) is 3.07. The van der Waals surface area contributed by atoms with Gasteiger partial charge in [-0.1, -0.05) is 25.4 Å². The highest BCUT2D eigenvalue weighted by Gasteiger charge is 2.29. The van der Waals surface area contributed by atoms with E-state index in [1.807, 2.05) is 25.5 Å². The quantitative estimate of drug-likeness (QED) is 0.710. The van der Waals surface area contributed by atoms with E-state index < -0.39 is 17.8 Å². The molecule has 2 amide bonds. The Morgan fingerprint density at radius 3 is 2.68 bits per heavy atom. The molecule has 0 spiro atoms. The molecule has 168 valence electrons. The smallest absolute Gasteiger partial charge is 0.272 e. The SMILES string of the molecule is CNC(=O)C(CC(C)C)NC(=O)c1nc(-c2ccc(F)c(Cl)c2)n2c1CN(C)CCC2. The lowest BCUT2D eigenvalue weighted by Crippen LogP contribution is -2.46. The van der Waals surface area contributed by atoms with Gasteiger partial charge in [0, 0.05) is 25.7 Å². The second kappa shape index (κ2) is 9.78. The molecule has 1 aliphatic rings. The second-order valence-electron chi connectivity index (χ2n) is 8.37. The van der Waals surface area contributed by atoms with E-state index in [1.54, 1.807) is 13.1 Å². The molecule has 1 aliphatic heterocycles. The number of carbonyl (C=O) groups is 2. The van der Waals surface area contributed by atoms with Crippen LogP contribution in [0.2, 0.25) is 5.02 Å². The van der Waals surface area contributed by atoms with Gasteiger partial charge in [0.2, 0.25) is 5.91 Å². The van der Waals surface area contributed by atoms with Gasteiger partial charge in [0.25, 0.3) is 5.91 Å². The molecule has 0 saturated carbocycles. The van der Waals surface area contributed by atoms with Crippen molar-refractivity contribution in [2.75, 3.05) is 20.6 Å². The molecule has 9 heteroatoms. The lowest BCUT2D eigenvalue weighted by molar-refractivity contribution is -0.122. The highest BCUT2D eigenvalue weighted by molar-refractivity contribution is 6.31. The van der Waals surface area contributed by atoms with E-state index in [0.29, 0.717) is 30.9 Å². The number of benzene rings is 1. The lowest BCUT2D eigenvalue weighted by atomic mass is 10.0. The predicted molar refractivity (Wildman–Crippen MR) is 118 cm³/mol. The van der Waals surface area contributed by atoms with E-state index >= 15 is 0 Å². The largest absolute Gasteiger partial charge is 0.357 e. The maximum absolute atomic E-state index is 13.7. The summed E-state index contributed by atoms with van der Waals surface area (Å²) in [6.45, 7) is 6.08. The molecule has 0 radical (unpaired) electrons. The van der Waals surface area contributed by atoms with Crippen LogP contribution in [-0.2, 0) is 17.9 Å². The van der Waals surface area contributed by atoms with E-state index in [1.165, 1.54) is 12.1 Å². The summed E-state index contributed by atoms with van der Waals surface area (Å²) < 4.78 is 15.7. The Kier molecular flexibility index (Phi) is 7.33. The minimum absolute atomic E-state index is 0.00297. The molecule has 2 aromatic rings. The fourth-order valence-electron chi connectivity index (χ4n) is 3.86. The standard InChI is InChI=1S/C22H29ClFN5O2/c1-13(2)10-17(21(30)25-3)26-22(31)19-18-12-28(4)8-5-9-29(18)20(27-19)14-6-7-16(24)15(23)11-14/h6-7,11,13,17H,5,8-10,12H2,1-4H3,(H,25,30)(H,26,31). The maximum Gasteiger partial charge on any atom is 0.272 e. The first-order valence-electron chi connectivity index (χ1n) is 10.5. The number of hydrogen-bond acceptors (Lipinski definition) is 4. The van der Waals surface area contributed by atoms with Crippen molar-refractivity contribution in [1.29, 1.82) is 0 Å². The molecule has 7 nitrogen and oxygen atoms in total. The van der Waals surface area contributed by atoms with Crippen LogP contribution in [0.15, 0.2) is 18.2 Å². The minimum atomic E-state index is -0.651. The van der Waals surface area contributed by atoms with Crippen molar-refractivity contribution in [3.05, 3.63) is 40.4 Å². The van der Waals surface area contributed by atoms with Crippen molar-refractivity contribution in [3.8, 4) is 11.4 Å². The molecule has 3 rings (SSSR count). The van der Waals surface area contributed by atoms with E-state index in [0.717, 1.165) is 18.7 Å². The van der Waals surface area contributed by atoms with Gasteiger partial charge in [0.15, 0.2) is 5.69 Å². The molecule has 0 saturated heterocycles. The second-order valence-corrected chi connectivity index (χ2v) is 8.78. The number of nitrogens with one attached hydrogen (secondary N) is 2. The van der Waals surface area contributed by atoms with Crippen LogP contribution in [0.3, 0.4) is 0 Å². The molecular formula is C22H29ClFN5O2. The normalized spacial score (nSPS) is 15.3. The molecule has 2 N–H and O–H groups in total. The van der Waals surface area contributed by atoms with Crippen molar-refractivity contribution in [3.63, 3.8) is 0 Å². The summed E-state index contributed by atoms with van der Waals surface area (Å²) in [5.74, 6) is -0.349. The van der Waals surface area contributed by atoms with Gasteiger partial charge < -0.3 is 20.1 Å². The number of rotatable bonds is 6. The van der Waals surface area contributed by atoms with Crippen LogP contribution in [-0.4, -0.2) is 52.9 Å². The van der Waals surface area contributed by atoms with Gasteiger partial charge >= 0.3 is 0 Å². The first-order valence-corrected chi connectivity index (χ1v) is 10.8. The van der Waals surface area contributed by atoms with Crippen LogP contribution >= 0.6 is 11.6 Å². The summed E-state index contributed by atoms with van der Waals surface area (Å²) in [5.41, 5.74) is 1.69. The summed E-state index contributed by atoms with van der Waals surface area (Å²) in [6.07, 6.45) is 1.40. The molecule has 1 atom stereocenters. The Hall–Kier alpha value is -2.45. The molecule has 1 aromatic heterocycles. The van der Waals surface area contributed by atoms with Crippen molar-refractivity contribution < 1.29 is 14.0 Å². The van der Waals surface area contributed by atoms with Gasteiger partial charge in [0.1, 0.15) is 17.7 Å². The summed E-state index contributed by atoms with van der Waals surface area (Å²) >= 11 is 6.00. The number of nitrogens with zero attached hydrogens (tertiary/aromatic N) is 3. The number of amides is 2. The average Bonchev–Trinajstić information content (AvgIpc) is 2.95. The van der Waals surface area contributed by atoms with Gasteiger partial charge in [-0.25, -0.2) is 9.37 Å². The molecule has 0 fully saturated rings. The van der Waals surface area contributed by atoms with E-state index in [2.05, 4.69) is 20.5 Å². The minimum Gasteiger partial charge on any atom is -0.357 e. The number of hydrogen-bond donors (Lipinski definition) is 2. The third kappa shape index (κ3) is 5.25. The van der Waals surface area contributed by atoms with Crippen molar-refractivity contribution in [1.82, 2.24) is 25.1 Å². The molecule has 1 unspecified atom stereocenters. The maximum atomic E-state index is 13.7. The van der Waals surface area contributed by atoms with Crippen molar-refractivity contribution in [2.24, 2.45) is 5.92 Å². The van der Waals surface area contributed by atoms with Gasteiger partial charge in [-0.05, 0) is 50.6 Å². The van der Waals surface area contributed by atoms with Crippen LogP contribution < -0.4 is 10.6 Å². The van der Waals surface area contributed by atoms with E-state index in [4.69, 9.17) is 11.6 Å². The number of halogens is 2. The Morgan fingerprint density at radius 1 is 1.29 bits per heavy atom. The van der Waals surface area contributed by atoms with Crippen LogP contribution in [0.5, 0.6) is 0 Å². The van der Waals surface area contributed by atoms with E-state index in [9.17, 15) is 14.0 Å².